The summed E-state index contributed by atoms with van der Waals surface area (Å²) in [7, 11) is 0. The lowest BCUT2D eigenvalue weighted by atomic mass is 10.0. The molecule has 6 rings (SSSR count). The molecular weight excluding hydrogens is 412 g/mol. The maximum Gasteiger partial charge on any atom is 0.255 e. The standard InChI is InChI=1S/C26H18N6O/c33-26(32-21-7-8-24-18(10-21)2-1-9-27-24)17-5-3-16(4-6-17)19-11-22-23(20-13-30-31-14-20)15-29-25(22)28-12-19/h1-15H,(H,28,29)(H,30,31)(H,32,33). The molecule has 4 heterocycles. The molecule has 4 aromatic heterocycles. The van der Waals surface area contributed by atoms with E-state index in [0.717, 1.165) is 49.9 Å². The second kappa shape index (κ2) is 7.72. The number of benzene rings is 2. The first kappa shape index (κ1) is 18.9. The van der Waals surface area contributed by atoms with Crippen LogP contribution in [0.25, 0.3) is 44.2 Å². The SMILES string of the molecule is O=C(Nc1ccc2ncccc2c1)c1ccc(-c2cnc3[nH]cc(-c4cn[nH]c4)c3c2)cc1. The van der Waals surface area contributed by atoms with Gasteiger partial charge in [0, 0.05) is 63.5 Å². The Bertz CT molecular complexity index is 1600. The lowest BCUT2D eigenvalue weighted by molar-refractivity contribution is 0.102. The maximum atomic E-state index is 12.8. The summed E-state index contributed by atoms with van der Waals surface area (Å²) < 4.78 is 0. The molecule has 0 aliphatic rings. The number of rotatable bonds is 4. The molecule has 0 spiro atoms. The maximum absolute atomic E-state index is 12.8. The Labute approximate surface area is 188 Å². The van der Waals surface area contributed by atoms with E-state index in [0.29, 0.717) is 5.56 Å². The van der Waals surface area contributed by atoms with Crippen molar-refractivity contribution in [1.29, 1.82) is 0 Å². The summed E-state index contributed by atoms with van der Waals surface area (Å²) in [5.74, 6) is -0.161. The zero-order valence-corrected chi connectivity index (χ0v) is 17.4. The minimum Gasteiger partial charge on any atom is -0.346 e. The lowest BCUT2D eigenvalue weighted by Crippen LogP contribution is -2.11. The van der Waals surface area contributed by atoms with Crippen LogP contribution in [-0.4, -0.2) is 31.1 Å². The van der Waals surface area contributed by atoms with E-state index in [4.69, 9.17) is 0 Å². The topological polar surface area (TPSA) is 99.3 Å². The van der Waals surface area contributed by atoms with Crippen molar-refractivity contribution in [2.75, 3.05) is 5.32 Å². The van der Waals surface area contributed by atoms with E-state index in [1.807, 2.05) is 73.2 Å². The van der Waals surface area contributed by atoms with Gasteiger partial charge in [0.25, 0.3) is 5.91 Å². The van der Waals surface area contributed by atoms with Gasteiger partial charge >= 0.3 is 0 Å². The van der Waals surface area contributed by atoms with Crippen LogP contribution >= 0.6 is 0 Å². The van der Waals surface area contributed by atoms with Crippen molar-refractivity contribution in [3.8, 4) is 22.3 Å². The summed E-state index contributed by atoms with van der Waals surface area (Å²) in [6, 6.07) is 19.1. The van der Waals surface area contributed by atoms with Crippen LogP contribution in [0.3, 0.4) is 0 Å². The first-order valence-electron chi connectivity index (χ1n) is 10.5. The van der Waals surface area contributed by atoms with Crippen molar-refractivity contribution < 1.29 is 4.79 Å². The van der Waals surface area contributed by atoms with Crippen LogP contribution in [0.1, 0.15) is 10.4 Å². The Hall–Kier alpha value is -4.78. The highest BCUT2D eigenvalue weighted by molar-refractivity contribution is 6.05. The number of pyridine rings is 2. The van der Waals surface area contributed by atoms with Gasteiger partial charge in [-0.15, -0.1) is 0 Å². The number of aromatic nitrogens is 5. The van der Waals surface area contributed by atoms with E-state index in [-0.39, 0.29) is 5.91 Å². The van der Waals surface area contributed by atoms with Gasteiger partial charge in [0.2, 0.25) is 0 Å². The largest absolute Gasteiger partial charge is 0.346 e. The Morgan fingerprint density at radius 2 is 1.76 bits per heavy atom. The second-order valence-corrected chi connectivity index (χ2v) is 7.75. The Morgan fingerprint density at radius 1 is 0.848 bits per heavy atom. The Morgan fingerprint density at radius 3 is 2.61 bits per heavy atom. The summed E-state index contributed by atoms with van der Waals surface area (Å²) in [4.78, 5) is 24.8. The smallest absolute Gasteiger partial charge is 0.255 e. The number of anilines is 1. The highest BCUT2D eigenvalue weighted by Crippen LogP contribution is 2.30. The second-order valence-electron chi connectivity index (χ2n) is 7.75. The van der Waals surface area contributed by atoms with Crippen molar-refractivity contribution in [3.05, 3.63) is 97.2 Å². The highest BCUT2D eigenvalue weighted by Gasteiger charge is 2.11. The monoisotopic (exact) mass is 430 g/mol. The summed E-state index contributed by atoms with van der Waals surface area (Å²) >= 11 is 0. The third-order valence-electron chi connectivity index (χ3n) is 5.68. The molecule has 7 heteroatoms. The van der Waals surface area contributed by atoms with Gasteiger partial charge in [-0.1, -0.05) is 18.2 Å². The number of nitrogens with one attached hydrogen (secondary N) is 3. The van der Waals surface area contributed by atoms with Gasteiger partial charge in [-0.05, 0) is 48.0 Å². The van der Waals surface area contributed by atoms with Crippen molar-refractivity contribution in [1.82, 2.24) is 25.1 Å². The van der Waals surface area contributed by atoms with Gasteiger partial charge in [0.1, 0.15) is 5.65 Å². The van der Waals surface area contributed by atoms with E-state index in [9.17, 15) is 4.79 Å². The fourth-order valence-corrected chi connectivity index (χ4v) is 3.97. The molecule has 0 saturated heterocycles. The number of H-pyrrole nitrogens is 2. The quantitative estimate of drug-likeness (QED) is 0.348. The third-order valence-corrected chi connectivity index (χ3v) is 5.68. The van der Waals surface area contributed by atoms with E-state index >= 15 is 0 Å². The number of amides is 1. The number of carbonyl (C=O) groups excluding carboxylic acids is 1. The number of nitrogens with zero attached hydrogens (tertiary/aromatic N) is 3. The van der Waals surface area contributed by atoms with E-state index < -0.39 is 0 Å². The molecule has 3 N–H and O–H groups in total. The molecule has 0 radical (unpaired) electrons. The lowest BCUT2D eigenvalue weighted by Gasteiger charge is -2.08. The van der Waals surface area contributed by atoms with Crippen LogP contribution in [0.15, 0.2) is 91.6 Å². The highest BCUT2D eigenvalue weighted by atomic mass is 16.1. The minimum absolute atomic E-state index is 0.161. The van der Waals surface area contributed by atoms with Crippen LogP contribution in [0.4, 0.5) is 5.69 Å². The number of carbonyl (C=O) groups is 1. The number of hydrogen-bond acceptors (Lipinski definition) is 4. The summed E-state index contributed by atoms with van der Waals surface area (Å²) in [6.07, 6.45) is 9.16. The van der Waals surface area contributed by atoms with E-state index in [2.05, 4.69) is 36.5 Å². The summed E-state index contributed by atoms with van der Waals surface area (Å²) in [6.45, 7) is 0. The fraction of sp³-hybridized carbons (Fsp3) is 0. The molecule has 6 aromatic rings. The average Bonchev–Trinajstić information content (AvgIpc) is 3.53. The van der Waals surface area contributed by atoms with Crippen LogP contribution in [0.2, 0.25) is 0 Å². The van der Waals surface area contributed by atoms with Gasteiger partial charge in [-0.2, -0.15) is 5.10 Å². The van der Waals surface area contributed by atoms with Gasteiger partial charge in [-0.3, -0.25) is 14.9 Å². The van der Waals surface area contributed by atoms with Crippen LogP contribution in [-0.2, 0) is 0 Å². The van der Waals surface area contributed by atoms with Crippen LogP contribution < -0.4 is 5.32 Å². The van der Waals surface area contributed by atoms with Crippen LogP contribution in [0, 0.1) is 0 Å². The molecule has 0 unspecified atom stereocenters. The van der Waals surface area contributed by atoms with Crippen molar-refractivity contribution >= 4 is 33.5 Å². The first-order chi connectivity index (χ1) is 16.2. The summed E-state index contributed by atoms with van der Waals surface area (Å²) in [5, 5.41) is 11.8. The van der Waals surface area contributed by atoms with Crippen molar-refractivity contribution in [2.24, 2.45) is 0 Å². The zero-order chi connectivity index (χ0) is 22.2. The molecule has 0 bridgehead atoms. The first-order valence-corrected chi connectivity index (χ1v) is 10.5. The predicted molar refractivity (Wildman–Crippen MR) is 129 cm³/mol. The van der Waals surface area contributed by atoms with E-state index in [1.54, 1.807) is 12.4 Å². The van der Waals surface area contributed by atoms with Gasteiger partial charge in [0.05, 0.1) is 11.7 Å². The molecule has 0 fully saturated rings. The molecule has 0 saturated carbocycles. The number of hydrogen-bond donors (Lipinski definition) is 3. The fourth-order valence-electron chi connectivity index (χ4n) is 3.97. The van der Waals surface area contributed by atoms with Gasteiger partial charge < -0.3 is 10.3 Å². The molecule has 0 atom stereocenters. The minimum atomic E-state index is -0.161. The molecule has 0 aliphatic heterocycles. The van der Waals surface area contributed by atoms with Gasteiger partial charge in [0.15, 0.2) is 0 Å². The number of fused-ring (bicyclic) bond motifs is 2. The zero-order valence-electron chi connectivity index (χ0n) is 17.4. The van der Waals surface area contributed by atoms with Crippen molar-refractivity contribution in [3.63, 3.8) is 0 Å². The molecule has 2 aromatic carbocycles. The molecular formula is C26H18N6O. The normalized spacial score (nSPS) is 11.2. The predicted octanol–water partition coefficient (Wildman–Crippen LogP) is 5.42. The molecule has 1 amide bonds. The van der Waals surface area contributed by atoms with Crippen LogP contribution in [0.5, 0.6) is 0 Å². The molecule has 0 aliphatic carbocycles. The van der Waals surface area contributed by atoms with Gasteiger partial charge in [-0.25, -0.2) is 4.98 Å². The number of aromatic amines is 2. The van der Waals surface area contributed by atoms with Crippen molar-refractivity contribution in [2.45, 2.75) is 0 Å². The Kier molecular flexibility index (Phi) is 4.43. The van der Waals surface area contributed by atoms with E-state index in [1.165, 1.54) is 0 Å². The third kappa shape index (κ3) is 3.51. The molecule has 33 heavy (non-hydrogen) atoms. The summed E-state index contributed by atoms with van der Waals surface area (Å²) in [5.41, 5.74) is 7.02. The Balaban J connectivity index is 1.26. The molecule has 158 valence electrons. The molecule has 7 nitrogen and oxygen atoms in total. The average molecular weight is 430 g/mol.